The van der Waals surface area contributed by atoms with Gasteiger partial charge in [-0.25, -0.2) is 14.8 Å². The molecule has 1 amide bonds. The van der Waals surface area contributed by atoms with E-state index in [4.69, 9.17) is 21.1 Å². The fraction of sp³-hybridized carbons (Fsp3) is 0.235. The van der Waals surface area contributed by atoms with E-state index in [0.717, 1.165) is 5.39 Å². The Bertz CT molecular complexity index is 935. The fourth-order valence-corrected chi connectivity index (χ4v) is 3.45. The monoisotopic (exact) mass is 390 g/mol. The number of amides is 1. The van der Waals surface area contributed by atoms with Gasteiger partial charge in [0.25, 0.3) is 0 Å². The van der Waals surface area contributed by atoms with Crippen LogP contribution in [-0.2, 0) is 11.3 Å². The summed E-state index contributed by atoms with van der Waals surface area (Å²) in [6, 6.07) is 9.63. The minimum atomic E-state index is -0.429. The number of anilines is 1. The van der Waals surface area contributed by atoms with E-state index < -0.39 is 6.09 Å². The predicted molar refractivity (Wildman–Crippen MR) is 100.0 cm³/mol. The van der Waals surface area contributed by atoms with Gasteiger partial charge in [0.1, 0.15) is 23.7 Å². The molecule has 0 bridgehead atoms. The number of para-hydroxylation sites is 1. The highest BCUT2D eigenvalue weighted by atomic mass is 35.5. The standard InChI is InChI=1S/C17H15ClN4O3S/c18-16-21-14-12(15(22-16)19-8-11-3-2-6-26-11)4-1-5-13(14)24-9-10-7-20-17(23)25-10/h1-6,10H,7-9H2,(H,20,23)(H,19,21,22). The molecule has 1 saturated heterocycles. The maximum absolute atomic E-state index is 11.1. The molecule has 2 aromatic heterocycles. The largest absolute Gasteiger partial charge is 0.487 e. The number of thiophene rings is 1. The van der Waals surface area contributed by atoms with Gasteiger partial charge in [-0.05, 0) is 35.2 Å². The molecule has 4 rings (SSSR count). The quantitative estimate of drug-likeness (QED) is 0.627. The molecular formula is C17H15ClN4O3S. The predicted octanol–water partition coefficient (Wildman–Crippen LogP) is 3.44. The summed E-state index contributed by atoms with van der Waals surface area (Å²) in [5.41, 5.74) is 0.610. The molecule has 0 spiro atoms. The molecular weight excluding hydrogens is 376 g/mol. The van der Waals surface area contributed by atoms with Crippen LogP contribution in [0.4, 0.5) is 10.6 Å². The lowest BCUT2D eigenvalue weighted by Crippen LogP contribution is -2.22. The molecule has 2 N–H and O–H groups in total. The van der Waals surface area contributed by atoms with Gasteiger partial charge >= 0.3 is 6.09 Å². The molecule has 26 heavy (non-hydrogen) atoms. The van der Waals surface area contributed by atoms with Crippen molar-refractivity contribution in [1.82, 2.24) is 15.3 Å². The van der Waals surface area contributed by atoms with Crippen LogP contribution in [0.2, 0.25) is 5.28 Å². The van der Waals surface area contributed by atoms with Crippen molar-refractivity contribution < 1.29 is 14.3 Å². The smallest absolute Gasteiger partial charge is 0.407 e. The van der Waals surface area contributed by atoms with E-state index in [1.807, 2.05) is 29.6 Å². The number of ether oxygens (including phenoxy) is 2. The Hall–Kier alpha value is -2.58. The van der Waals surface area contributed by atoms with Crippen molar-refractivity contribution in [3.8, 4) is 5.75 Å². The second-order valence-corrected chi connectivity index (χ2v) is 7.02. The minimum Gasteiger partial charge on any atom is -0.487 e. The van der Waals surface area contributed by atoms with Gasteiger partial charge in [-0.15, -0.1) is 11.3 Å². The lowest BCUT2D eigenvalue weighted by molar-refractivity contribution is 0.105. The number of nitrogens with zero attached hydrogens (tertiary/aromatic N) is 2. The van der Waals surface area contributed by atoms with Gasteiger partial charge in [0.2, 0.25) is 5.28 Å². The van der Waals surface area contributed by atoms with Crippen molar-refractivity contribution in [2.45, 2.75) is 12.6 Å². The third-order valence-electron chi connectivity index (χ3n) is 3.84. The zero-order valence-corrected chi connectivity index (χ0v) is 15.1. The maximum Gasteiger partial charge on any atom is 0.407 e. The zero-order chi connectivity index (χ0) is 17.9. The van der Waals surface area contributed by atoms with Crippen LogP contribution in [0, 0.1) is 0 Å². The molecule has 0 saturated carbocycles. The first-order valence-corrected chi connectivity index (χ1v) is 9.24. The fourth-order valence-electron chi connectivity index (χ4n) is 2.64. The first-order chi connectivity index (χ1) is 12.7. The number of hydrogen-bond acceptors (Lipinski definition) is 7. The molecule has 1 atom stereocenters. The average molecular weight is 391 g/mol. The van der Waals surface area contributed by atoms with Crippen LogP contribution in [0.1, 0.15) is 4.88 Å². The highest BCUT2D eigenvalue weighted by Crippen LogP contribution is 2.30. The molecule has 7 nitrogen and oxygen atoms in total. The van der Waals surface area contributed by atoms with E-state index >= 15 is 0 Å². The van der Waals surface area contributed by atoms with Crippen molar-refractivity contribution >= 4 is 45.8 Å². The van der Waals surface area contributed by atoms with Gasteiger partial charge in [-0.3, -0.25) is 0 Å². The molecule has 3 aromatic rings. The number of halogens is 1. The Morgan fingerprint density at radius 2 is 2.27 bits per heavy atom. The number of aromatic nitrogens is 2. The van der Waals surface area contributed by atoms with Gasteiger partial charge < -0.3 is 20.1 Å². The van der Waals surface area contributed by atoms with Gasteiger partial charge in [-0.2, -0.15) is 0 Å². The summed E-state index contributed by atoms with van der Waals surface area (Å²) in [5.74, 6) is 1.21. The molecule has 1 aliphatic rings. The second-order valence-electron chi connectivity index (χ2n) is 5.65. The van der Waals surface area contributed by atoms with Crippen molar-refractivity contribution in [1.29, 1.82) is 0 Å². The summed E-state index contributed by atoms with van der Waals surface area (Å²) in [5, 5.41) is 8.87. The van der Waals surface area contributed by atoms with Gasteiger partial charge in [-0.1, -0.05) is 12.1 Å². The molecule has 0 radical (unpaired) electrons. The van der Waals surface area contributed by atoms with E-state index in [0.29, 0.717) is 30.2 Å². The van der Waals surface area contributed by atoms with Gasteiger partial charge in [0.05, 0.1) is 13.1 Å². The van der Waals surface area contributed by atoms with E-state index in [2.05, 4.69) is 20.6 Å². The van der Waals surface area contributed by atoms with E-state index in [-0.39, 0.29) is 18.0 Å². The summed E-state index contributed by atoms with van der Waals surface area (Å²) in [4.78, 5) is 20.9. The van der Waals surface area contributed by atoms with Crippen molar-refractivity contribution in [3.05, 3.63) is 45.9 Å². The normalized spacial score (nSPS) is 16.3. The van der Waals surface area contributed by atoms with Gasteiger partial charge in [0.15, 0.2) is 6.10 Å². The number of fused-ring (bicyclic) bond motifs is 1. The molecule has 3 heterocycles. The molecule has 134 valence electrons. The Morgan fingerprint density at radius 1 is 1.35 bits per heavy atom. The number of carbonyl (C=O) groups excluding carboxylic acids is 1. The molecule has 1 aliphatic heterocycles. The Morgan fingerprint density at radius 3 is 3.04 bits per heavy atom. The molecule has 0 aliphatic carbocycles. The number of alkyl carbamates (subject to hydrolysis) is 1. The SMILES string of the molecule is O=C1NCC(COc2cccc3c(NCc4cccs4)nc(Cl)nc23)O1. The van der Waals surface area contributed by atoms with Crippen LogP contribution in [0.25, 0.3) is 10.9 Å². The topological polar surface area (TPSA) is 85.4 Å². The summed E-state index contributed by atoms with van der Waals surface area (Å²) in [6.45, 7) is 1.30. The van der Waals surface area contributed by atoms with Crippen molar-refractivity contribution in [2.24, 2.45) is 0 Å². The third-order valence-corrected chi connectivity index (χ3v) is 4.89. The molecule has 9 heteroatoms. The number of carbonyl (C=O) groups is 1. The van der Waals surface area contributed by atoms with Crippen LogP contribution in [0.3, 0.4) is 0 Å². The van der Waals surface area contributed by atoms with Crippen LogP contribution < -0.4 is 15.4 Å². The van der Waals surface area contributed by atoms with E-state index in [9.17, 15) is 4.79 Å². The van der Waals surface area contributed by atoms with Crippen LogP contribution >= 0.6 is 22.9 Å². The Labute approximate surface area is 158 Å². The summed E-state index contributed by atoms with van der Waals surface area (Å²) >= 11 is 7.77. The molecule has 1 unspecified atom stereocenters. The number of benzene rings is 1. The van der Waals surface area contributed by atoms with E-state index in [1.54, 1.807) is 17.4 Å². The number of nitrogens with one attached hydrogen (secondary N) is 2. The Balaban J connectivity index is 1.57. The van der Waals surface area contributed by atoms with Crippen LogP contribution in [0.5, 0.6) is 5.75 Å². The lowest BCUT2D eigenvalue weighted by Gasteiger charge is -2.13. The highest BCUT2D eigenvalue weighted by Gasteiger charge is 2.23. The van der Waals surface area contributed by atoms with Crippen molar-refractivity contribution in [3.63, 3.8) is 0 Å². The lowest BCUT2D eigenvalue weighted by atomic mass is 10.2. The maximum atomic E-state index is 11.1. The van der Waals surface area contributed by atoms with E-state index in [1.165, 1.54) is 4.88 Å². The first-order valence-electron chi connectivity index (χ1n) is 7.99. The highest BCUT2D eigenvalue weighted by molar-refractivity contribution is 7.09. The summed E-state index contributed by atoms with van der Waals surface area (Å²) in [6.07, 6.45) is -0.756. The number of hydrogen-bond donors (Lipinski definition) is 2. The first kappa shape index (κ1) is 16.9. The second kappa shape index (κ2) is 7.35. The third kappa shape index (κ3) is 3.66. The van der Waals surface area contributed by atoms with Crippen LogP contribution in [-0.4, -0.2) is 35.3 Å². The van der Waals surface area contributed by atoms with Crippen molar-refractivity contribution in [2.75, 3.05) is 18.5 Å². The number of cyclic esters (lactones) is 1. The van der Waals surface area contributed by atoms with Gasteiger partial charge in [0, 0.05) is 10.3 Å². The molecule has 1 fully saturated rings. The van der Waals surface area contributed by atoms with Crippen LogP contribution in [0.15, 0.2) is 35.7 Å². The summed E-state index contributed by atoms with van der Waals surface area (Å²) in [7, 11) is 0. The molecule has 1 aromatic carbocycles. The summed E-state index contributed by atoms with van der Waals surface area (Å²) < 4.78 is 10.9. The number of rotatable bonds is 6. The zero-order valence-electron chi connectivity index (χ0n) is 13.6. The minimum absolute atomic E-state index is 0.135. The average Bonchev–Trinajstić information content (AvgIpc) is 3.29. The Kier molecular flexibility index (Phi) is 4.77.